The van der Waals surface area contributed by atoms with Crippen LogP contribution in [-0.4, -0.2) is 4.98 Å². The Morgan fingerprint density at radius 1 is 0.441 bits per heavy atom. The fourth-order valence-electron chi connectivity index (χ4n) is 4.65. The lowest BCUT2D eigenvalue weighted by molar-refractivity contribution is 0.640. The van der Waals surface area contributed by atoms with Crippen LogP contribution in [0.15, 0.2) is 115 Å². The lowest BCUT2D eigenvalue weighted by atomic mass is 9.97. The SMILES string of the molecule is c1ccc(CCCCCCc2cccc(-c3cccc(-c4ccc5ccccc5n4)c3)c2)cc1. The van der Waals surface area contributed by atoms with Crippen molar-refractivity contribution < 1.29 is 0 Å². The summed E-state index contributed by atoms with van der Waals surface area (Å²) in [5, 5.41) is 1.18. The number of aromatic nitrogens is 1. The van der Waals surface area contributed by atoms with Crippen LogP contribution >= 0.6 is 0 Å². The summed E-state index contributed by atoms with van der Waals surface area (Å²) in [7, 11) is 0. The van der Waals surface area contributed by atoms with E-state index < -0.39 is 0 Å². The summed E-state index contributed by atoms with van der Waals surface area (Å²) in [6.07, 6.45) is 7.46. The van der Waals surface area contributed by atoms with Crippen molar-refractivity contribution in [2.24, 2.45) is 0 Å². The molecule has 0 fully saturated rings. The molecular weight excluding hydrogens is 410 g/mol. The number of rotatable bonds is 9. The van der Waals surface area contributed by atoms with Gasteiger partial charge in [-0.3, -0.25) is 0 Å². The van der Waals surface area contributed by atoms with Crippen LogP contribution in [0, 0.1) is 0 Å². The fourth-order valence-corrected chi connectivity index (χ4v) is 4.65. The third kappa shape index (κ3) is 5.61. The van der Waals surface area contributed by atoms with Gasteiger partial charge in [-0.1, -0.05) is 110 Å². The van der Waals surface area contributed by atoms with Crippen LogP contribution in [0.5, 0.6) is 0 Å². The Labute approximate surface area is 203 Å². The topological polar surface area (TPSA) is 12.9 Å². The van der Waals surface area contributed by atoms with E-state index in [1.54, 1.807) is 0 Å². The van der Waals surface area contributed by atoms with Gasteiger partial charge in [-0.25, -0.2) is 4.98 Å². The Morgan fingerprint density at radius 3 is 1.94 bits per heavy atom. The van der Waals surface area contributed by atoms with E-state index in [-0.39, 0.29) is 0 Å². The molecule has 1 heterocycles. The van der Waals surface area contributed by atoms with Crippen molar-refractivity contribution in [2.75, 3.05) is 0 Å². The Kier molecular flexibility index (Phi) is 7.11. The van der Waals surface area contributed by atoms with E-state index in [1.807, 2.05) is 6.07 Å². The van der Waals surface area contributed by atoms with Crippen molar-refractivity contribution in [3.05, 3.63) is 126 Å². The summed E-state index contributed by atoms with van der Waals surface area (Å²) in [5.74, 6) is 0. The van der Waals surface area contributed by atoms with Gasteiger partial charge in [0.05, 0.1) is 11.2 Å². The molecule has 0 unspecified atom stereocenters. The second kappa shape index (κ2) is 10.9. The lowest BCUT2D eigenvalue weighted by Crippen LogP contribution is -1.90. The number of pyridine rings is 1. The molecule has 0 spiro atoms. The standard InChI is InChI=1S/C33H31N/c1(4-12-26-13-6-3-7-14-26)2-5-15-27-16-10-18-29(24-27)30-19-11-20-31(25-30)33-23-22-28-17-8-9-21-32(28)34-33/h3,6-11,13-14,16-25H,1-2,4-5,12,15H2. The van der Waals surface area contributed by atoms with Crippen molar-refractivity contribution >= 4 is 10.9 Å². The third-order valence-corrected chi connectivity index (χ3v) is 6.54. The Balaban J connectivity index is 1.21. The van der Waals surface area contributed by atoms with Crippen molar-refractivity contribution in [1.82, 2.24) is 4.98 Å². The highest BCUT2D eigenvalue weighted by Crippen LogP contribution is 2.27. The fraction of sp³-hybridized carbons (Fsp3) is 0.182. The minimum Gasteiger partial charge on any atom is -0.248 e. The minimum atomic E-state index is 1.02. The molecule has 0 aliphatic rings. The average Bonchev–Trinajstić information content (AvgIpc) is 2.91. The highest BCUT2D eigenvalue weighted by Gasteiger charge is 2.05. The summed E-state index contributed by atoms with van der Waals surface area (Å²) in [6.45, 7) is 0. The van der Waals surface area contributed by atoms with Crippen LogP contribution in [0.4, 0.5) is 0 Å². The average molecular weight is 442 g/mol. The summed E-state index contributed by atoms with van der Waals surface area (Å²) < 4.78 is 0. The molecule has 0 amide bonds. The van der Waals surface area contributed by atoms with E-state index in [0.29, 0.717) is 0 Å². The molecule has 34 heavy (non-hydrogen) atoms. The molecule has 0 bridgehead atoms. The monoisotopic (exact) mass is 441 g/mol. The van der Waals surface area contributed by atoms with E-state index in [2.05, 4.69) is 109 Å². The van der Waals surface area contributed by atoms with Gasteiger partial charge < -0.3 is 0 Å². The molecule has 5 rings (SSSR count). The lowest BCUT2D eigenvalue weighted by Gasteiger charge is -2.09. The van der Waals surface area contributed by atoms with Gasteiger partial charge in [-0.15, -0.1) is 0 Å². The maximum atomic E-state index is 4.88. The van der Waals surface area contributed by atoms with Crippen LogP contribution in [-0.2, 0) is 12.8 Å². The summed E-state index contributed by atoms with van der Waals surface area (Å²) in [6, 6.07) is 41.2. The number of aryl methyl sites for hydroxylation is 2. The smallest absolute Gasteiger partial charge is 0.0709 e. The van der Waals surface area contributed by atoms with Crippen LogP contribution in [0.3, 0.4) is 0 Å². The molecule has 0 atom stereocenters. The summed E-state index contributed by atoms with van der Waals surface area (Å²) in [4.78, 5) is 4.88. The Hall–Kier alpha value is -3.71. The van der Waals surface area contributed by atoms with Crippen molar-refractivity contribution in [3.63, 3.8) is 0 Å². The molecule has 5 aromatic rings. The van der Waals surface area contributed by atoms with Crippen LogP contribution in [0.1, 0.15) is 36.8 Å². The van der Waals surface area contributed by atoms with Gasteiger partial charge in [-0.05, 0) is 66.1 Å². The zero-order valence-corrected chi connectivity index (χ0v) is 19.7. The number of hydrogen-bond donors (Lipinski definition) is 0. The van der Waals surface area contributed by atoms with Crippen molar-refractivity contribution in [3.8, 4) is 22.4 Å². The van der Waals surface area contributed by atoms with Gasteiger partial charge in [0.25, 0.3) is 0 Å². The first-order valence-corrected chi connectivity index (χ1v) is 12.4. The van der Waals surface area contributed by atoms with Gasteiger partial charge >= 0.3 is 0 Å². The molecular formula is C33H31N. The zero-order valence-electron chi connectivity index (χ0n) is 19.7. The predicted octanol–water partition coefficient (Wildman–Crippen LogP) is 8.91. The number of nitrogens with zero attached hydrogens (tertiary/aromatic N) is 1. The van der Waals surface area contributed by atoms with E-state index in [9.17, 15) is 0 Å². The number of benzene rings is 4. The molecule has 1 heteroatoms. The molecule has 0 aliphatic heterocycles. The number of para-hydroxylation sites is 1. The highest BCUT2D eigenvalue weighted by molar-refractivity contribution is 5.82. The Bertz CT molecular complexity index is 1350. The van der Waals surface area contributed by atoms with E-state index in [4.69, 9.17) is 4.98 Å². The van der Waals surface area contributed by atoms with Crippen LogP contribution < -0.4 is 0 Å². The minimum absolute atomic E-state index is 1.02. The van der Waals surface area contributed by atoms with E-state index in [0.717, 1.165) is 23.2 Å². The first-order chi connectivity index (χ1) is 16.8. The Morgan fingerprint density at radius 2 is 1.09 bits per heavy atom. The van der Waals surface area contributed by atoms with Crippen molar-refractivity contribution in [1.29, 1.82) is 0 Å². The molecule has 0 saturated heterocycles. The molecule has 0 aliphatic carbocycles. The molecule has 1 aromatic heterocycles. The van der Waals surface area contributed by atoms with E-state index >= 15 is 0 Å². The van der Waals surface area contributed by atoms with Gasteiger partial charge in [0.2, 0.25) is 0 Å². The van der Waals surface area contributed by atoms with Gasteiger partial charge in [0, 0.05) is 10.9 Å². The number of hydrogen-bond acceptors (Lipinski definition) is 1. The maximum absolute atomic E-state index is 4.88. The first kappa shape index (κ1) is 22.1. The quantitative estimate of drug-likeness (QED) is 0.208. The van der Waals surface area contributed by atoms with Gasteiger partial charge in [0.1, 0.15) is 0 Å². The zero-order chi connectivity index (χ0) is 23.0. The first-order valence-electron chi connectivity index (χ1n) is 12.4. The second-order valence-electron chi connectivity index (χ2n) is 9.07. The maximum Gasteiger partial charge on any atom is 0.0709 e. The van der Waals surface area contributed by atoms with Gasteiger partial charge in [-0.2, -0.15) is 0 Å². The predicted molar refractivity (Wildman–Crippen MR) is 145 cm³/mol. The molecule has 0 radical (unpaired) electrons. The second-order valence-corrected chi connectivity index (χ2v) is 9.07. The van der Waals surface area contributed by atoms with Crippen LogP contribution in [0.25, 0.3) is 33.3 Å². The molecule has 168 valence electrons. The highest BCUT2D eigenvalue weighted by atomic mass is 14.7. The summed E-state index contributed by atoms with van der Waals surface area (Å²) >= 11 is 0. The molecule has 1 nitrogen and oxygen atoms in total. The van der Waals surface area contributed by atoms with Crippen LogP contribution in [0.2, 0.25) is 0 Å². The normalized spacial score (nSPS) is 11.1. The molecule has 0 saturated carbocycles. The summed E-state index contributed by atoms with van der Waals surface area (Å²) in [5.41, 5.74) is 8.63. The number of unbranched alkanes of at least 4 members (excludes halogenated alkanes) is 3. The van der Waals surface area contributed by atoms with Crippen molar-refractivity contribution in [2.45, 2.75) is 38.5 Å². The number of fused-ring (bicyclic) bond motifs is 1. The third-order valence-electron chi connectivity index (χ3n) is 6.54. The molecule has 0 N–H and O–H groups in total. The van der Waals surface area contributed by atoms with Gasteiger partial charge in [0.15, 0.2) is 0 Å². The largest absolute Gasteiger partial charge is 0.248 e. The molecule has 4 aromatic carbocycles. The van der Waals surface area contributed by atoms with E-state index in [1.165, 1.54) is 59.7 Å².